The van der Waals surface area contributed by atoms with Crippen LogP contribution in [0.15, 0.2) is 36.4 Å². The lowest BCUT2D eigenvalue weighted by Crippen LogP contribution is -2.08. The van der Waals surface area contributed by atoms with Gasteiger partial charge in [0.2, 0.25) is 0 Å². The molecule has 0 amide bonds. The van der Waals surface area contributed by atoms with Crippen molar-refractivity contribution in [3.05, 3.63) is 58.1 Å². The van der Waals surface area contributed by atoms with E-state index < -0.39 is 34.1 Å². The minimum atomic E-state index is -4.81. The van der Waals surface area contributed by atoms with E-state index in [4.69, 9.17) is 16.9 Å². The zero-order valence-corrected chi connectivity index (χ0v) is 11.8. The molecule has 0 radical (unpaired) electrons. The fourth-order valence-electron chi connectivity index (χ4n) is 2.02. The van der Waals surface area contributed by atoms with Crippen molar-refractivity contribution in [2.45, 2.75) is 12.4 Å². The summed E-state index contributed by atoms with van der Waals surface area (Å²) in [6.07, 6.45) is -9.54. The average Bonchev–Trinajstić information content (AvgIpc) is 2.44. The molecule has 0 bridgehead atoms. The van der Waals surface area contributed by atoms with E-state index in [2.05, 4.69) is 0 Å². The summed E-state index contributed by atoms with van der Waals surface area (Å²) in [6, 6.07) is 6.99. The molecule has 8 heteroatoms. The molecular formula is C15H6ClF6N. The lowest BCUT2D eigenvalue weighted by atomic mass is 9.97. The van der Waals surface area contributed by atoms with Gasteiger partial charge < -0.3 is 0 Å². The van der Waals surface area contributed by atoms with Crippen molar-refractivity contribution in [2.75, 3.05) is 0 Å². The first kappa shape index (κ1) is 17.2. The lowest BCUT2D eigenvalue weighted by molar-refractivity contribution is -0.138. The summed E-state index contributed by atoms with van der Waals surface area (Å²) in [6.45, 7) is 0. The van der Waals surface area contributed by atoms with Crippen LogP contribution < -0.4 is 0 Å². The van der Waals surface area contributed by atoms with E-state index >= 15 is 0 Å². The van der Waals surface area contributed by atoms with Crippen LogP contribution >= 0.6 is 11.6 Å². The Kier molecular flexibility index (Phi) is 4.31. The van der Waals surface area contributed by atoms with Crippen LogP contribution in [0, 0.1) is 11.3 Å². The van der Waals surface area contributed by atoms with Gasteiger partial charge in [0.25, 0.3) is 0 Å². The van der Waals surface area contributed by atoms with Gasteiger partial charge in [0, 0.05) is 5.56 Å². The number of benzene rings is 2. The van der Waals surface area contributed by atoms with E-state index in [1.807, 2.05) is 0 Å². The van der Waals surface area contributed by atoms with Crippen molar-refractivity contribution < 1.29 is 26.3 Å². The minimum Gasteiger partial charge on any atom is -0.192 e. The molecule has 0 aromatic heterocycles. The molecular weight excluding hydrogens is 344 g/mol. The van der Waals surface area contributed by atoms with Gasteiger partial charge in [-0.15, -0.1) is 0 Å². The third kappa shape index (κ3) is 3.42. The monoisotopic (exact) mass is 349 g/mol. The van der Waals surface area contributed by atoms with Gasteiger partial charge in [0.15, 0.2) is 0 Å². The van der Waals surface area contributed by atoms with Crippen LogP contribution in [0.1, 0.15) is 16.7 Å². The highest BCUT2D eigenvalue weighted by molar-refractivity contribution is 6.34. The zero-order chi connectivity index (χ0) is 17.4. The van der Waals surface area contributed by atoms with Crippen molar-refractivity contribution in [1.29, 1.82) is 5.26 Å². The first-order chi connectivity index (χ1) is 10.6. The van der Waals surface area contributed by atoms with Gasteiger partial charge in [-0.05, 0) is 23.8 Å². The fraction of sp³-hybridized carbons (Fsp3) is 0.133. The third-order valence-corrected chi connectivity index (χ3v) is 3.47. The number of nitriles is 1. The topological polar surface area (TPSA) is 23.8 Å². The Bertz CT molecular complexity index is 786. The maximum absolute atomic E-state index is 12.9. The Labute approximate surface area is 131 Å². The second-order valence-corrected chi connectivity index (χ2v) is 4.91. The molecule has 0 N–H and O–H groups in total. The largest absolute Gasteiger partial charge is 0.417 e. The number of alkyl halides is 6. The number of halogens is 7. The van der Waals surface area contributed by atoms with E-state index in [-0.39, 0.29) is 11.1 Å². The first-order valence-electron chi connectivity index (χ1n) is 6.03. The van der Waals surface area contributed by atoms with E-state index in [0.29, 0.717) is 6.07 Å². The van der Waals surface area contributed by atoms with Crippen LogP contribution in [0.4, 0.5) is 26.3 Å². The molecule has 0 unspecified atom stereocenters. The standard InChI is InChI=1S/C15H6ClF6N/c16-13-10(2-1-3-11(13)14(17,18)19)8-4-5-9(7-23)12(6-8)15(20,21)22/h1-6H. The van der Waals surface area contributed by atoms with Crippen LogP contribution in [0.25, 0.3) is 11.1 Å². The summed E-state index contributed by atoms with van der Waals surface area (Å²) >= 11 is 5.70. The molecule has 2 aromatic rings. The summed E-state index contributed by atoms with van der Waals surface area (Å²) < 4.78 is 77.3. The molecule has 0 heterocycles. The van der Waals surface area contributed by atoms with Gasteiger partial charge in [-0.3, -0.25) is 0 Å². The van der Waals surface area contributed by atoms with Crippen LogP contribution in [0.3, 0.4) is 0 Å². The smallest absolute Gasteiger partial charge is 0.192 e. The van der Waals surface area contributed by atoms with Crippen molar-refractivity contribution in [1.82, 2.24) is 0 Å². The number of hydrogen-bond donors (Lipinski definition) is 0. The van der Waals surface area contributed by atoms with Gasteiger partial charge >= 0.3 is 12.4 Å². The van der Waals surface area contributed by atoms with Gasteiger partial charge in [0.05, 0.1) is 27.8 Å². The number of nitrogens with zero attached hydrogens (tertiary/aromatic N) is 1. The van der Waals surface area contributed by atoms with Gasteiger partial charge in [-0.25, -0.2) is 0 Å². The quantitative estimate of drug-likeness (QED) is 0.586. The highest BCUT2D eigenvalue weighted by atomic mass is 35.5. The molecule has 0 fully saturated rings. The molecule has 0 spiro atoms. The predicted molar refractivity (Wildman–Crippen MR) is 71.6 cm³/mol. The minimum absolute atomic E-state index is 0.160. The van der Waals surface area contributed by atoms with Gasteiger partial charge in [-0.2, -0.15) is 31.6 Å². The van der Waals surface area contributed by atoms with Gasteiger partial charge in [0.1, 0.15) is 0 Å². The Balaban J connectivity index is 2.68. The molecule has 23 heavy (non-hydrogen) atoms. The molecule has 0 saturated heterocycles. The van der Waals surface area contributed by atoms with Crippen LogP contribution in [0.2, 0.25) is 5.02 Å². The molecule has 1 nitrogen and oxygen atoms in total. The average molecular weight is 350 g/mol. The number of rotatable bonds is 1. The summed E-state index contributed by atoms with van der Waals surface area (Å²) in [5.41, 5.74) is -3.35. The Morgan fingerprint density at radius 2 is 1.48 bits per heavy atom. The van der Waals surface area contributed by atoms with Crippen molar-refractivity contribution >= 4 is 11.6 Å². The summed E-state index contributed by atoms with van der Waals surface area (Å²) in [5.74, 6) is 0. The first-order valence-corrected chi connectivity index (χ1v) is 6.41. The molecule has 0 saturated carbocycles. The lowest BCUT2D eigenvalue weighted by Gasteiger charge is -2.14. The predicted octanol–water partition coefficient (Wildman–Crippen LogP) is 5.92. The highest BCUT2D eigenvalue weighted by Crippen LogP contribution is 2.41. The summed E-state index contributed by atoms with van der Waals surface area (Å²) in [7, 11) is 0. The van der Waals surface area contributed by atoms with E-state index in [1.54, 1.807) is 0 Å². The SMILES string of the molecule is N#Cc1ccc(-c2cccc(C(F)(F)F)c2Cl)cc1C(F)(F)F. The molecule has 0 aliphatic heterocycles. The zero-order valence-electron chi connectivity index (χ0n) is 11.1. The molecule has 0 aliphatic rings. The molecule has 120 valence electrons. The fourth-order valence-corrected chi connectivity index (χ4v) is 2.36. The maximum Gasteiger partial charge on any atom is 0.417 e. The Morgan fingerprint density at radius 3 is 2.00 bits per heavy atom. The van der Waals surface area contributed by atoms with Crippen molar-refractivity contribution in [3.8, 4) is 17.2 Å². The van der Waals surface area contributed by atoms with Crippen LogP contribution in [-0.2, 0) is 12.4 Å². The van der Waals surface area contributed by atoms with E-state index in [9.17, 15) is 26.3 Å². The summed E-state index contributed by atoms with van der Waals surface area (Å²) in [5, 5.41) is 8.03. The summed E-state index contributed by atoms with van der Waals surface area (Å²) in [4.78, 5) is 0. The van der Waals surface area contributed by atoms with Crippen molar-refractivity contribution in [3.63, 3.8) is 0 Å². The van der Waals surface area contributed by atoms with Crippen molar-refractivity contribution in [2.24, 2.45) is 0 Å². The third-order valence-electron chi connectivity index (χ3n) is 3.06. The van der Waals surface area contributed by atoms with E-state index in [0.717, 1.165) is 24.3 Å². The second kappa shape index (κ2) is 5.78. The van der Waals surface area contributed by atoms with Gasteiger partial charge in [-0.1, -0.05) is 29.8 Å². The maximum atomic E-state index is 12.9. The molecule has 0 atom stereocenters. The molecule has 2 rings (SSSR count). The van der Waals surface area contributed by atoms with Crippen LogP contribution in [0.5, 0.6) is 0 Å². The Hall–Kier alpha value is -2.20. The molecule has 2 aromatic carbocycles. The normalized spacial score (nSPS) is 12.1. The number of hydrogen-bond acceptors (Lipinski definition) is 1. The second-order valence-electron chi connectivity index (χ2n) is 4.53. The molecule has 0 aliphatic carbocycles. The Morgan fingerprint density at radius 1 is 0.870 bits per heavy atom. The van der Waals surface area contributed by atoms with Crippen LogP contribution in [-0.4, -0.2) is 0 Å². The van der Waals surface area contributed by atoms with E-state index in [1.165, 1.54) is 12.1 Å². The highest BCUT2D eigenvalue weighted by Gasteiger charge is 2.36.